The lowest BCUT2D eigenvalue weighted by Crippen LogP contribution is -2.36. The first kappa shape index (κ1) is 16.4. The van der Waals surface area contributed by atoms with Gasteiger partial charge in [-0.05, 0) is 31.9 Å². The molecule has 114 valence electrons. The first-order valence-electron chi connectivity index (χ1n) is 6.42. The van der Waals surface area contributed by atoms with E-state index >= 15 is 0 Å². The molecule has 1 rings (SSSR count). The van der Waals surface area contributed by atoms with Crippen LogP contribution in [0.5, 0.6) is 0 Å². The molecule has 8 nitrogen and oxygen atoms in total. The smallest absolute Gasteiger partial charge is 0.319 e. The lowest BCUT2D eigenvalue weighted by Gasteiger charge is -2.14. The van der Waals surface area contributed by atoms with Crippen LogP contribution in [0.2, 0.25) is 0 Å². The van der Waals surface area contributed by atoms with Crippen LogP contribution in [0.15, 0.2) is 24.3 Å². The van der Waals surface area contributed by atoms with E-state index in [9.17, 15) is 19.7 Å². The van der Waals surface area contributed by atoms with Crippen molar-refractivity contribution in [3.63, 3.8) is 0 Å². The number of amides is 2. The maximum Gasteiger partial charge on any atom is 0.319 e. The van der Waals surface area contributed by atoms with Crippen LogP contribution in [0, 0.1) is 10.1 Å². The van der Waals surface area contributed by atoms with Gasteiger partial charge in [-0.15, -0.1) is 0 Å². The van der Waals surface area contributed by atoms with Crippen molar-refractivity contribution in [3.05, 3.63) is 34.4 Å². The molecule has 2 amide bonds. The van der Waals surface area contributed by atoms with Gasteiger partial charge in [-0.25, -0.2) is 4.79 Å². The molecule has 0 saturated carbocycles. The number of hydrogen-bond acceptors (Lipinski definition) is 4. The third kappa shape index (κ3) is 6.37. The van der Waals surface area contributed by atoms with E-state index < -0.39 is 16.9 Å². The zero-order valence-electron chi connectivity index (χ0n) is 11.5. The van der Waals surface area contributed by atoms with Gasteiger partial charge in [0.05, 0.1) is 4.92 Å². The summed E-state index contributed by atoms with van der Waals surface area (Å²) in [4.78, 5) is 32.0. The van der Waals surface area contributed by atoms with Crippen LogP contribution in [0.25, 0.3) is 0 Å². The number of nitro groups is 1. The zero-order chi connectivity index (χ0) is 15.8. The van der Waals surface area contributed by atoms with Crippen molar-refractivity contribution in [2.24, 2.45) is 0 Å². The highest BCUT2D eigenvalue weighted by Gasteiger charge is 2.09. The van der Waals surface area contributed by atoms with Gasteiger partial charge in [-0.3, -0.25) is 14.9 Å². The number of rotatable bonds is 7. The standard InChI is InChI=1S/C13H17N3O5/c1-9(3-2-4-12(17)18)14-13(19)15-10-5-7-11(8-6-10)16(20)21/h5-9H,2-4H2,1H3,(H,17,18)(H2,14,15,19). The highest BCUT2D eigenvalue weighted by molar-refractivity contribution is 5.89. The molecule has 21 heavy (non-hydrogen) atoms. The Bertz CT molecular complexity index is 515. The number of aliphatic carboxylic acids is 1. The summed E-state index contributed by atoms with van der Waals surface area (Å²) >= 11 is 0. The van der Waals surface area contributed by atoms with E-state index in [1.54, 1.807) is 6.92 Å². The summed E-state index contributed by atoms with van der Waals surface area (Å²) in [5, 5.41) is 24.2. The molecular weight excluding hydrogens is 278 g/mol. The first-order chi connectivity index (χ1) is 9.88. The average Bonchev–Trinajstić information content (AvgIpc) is 2.38. The number of carboxylic acid groups (broad SMARTS) is 1. The molecule has 0 heterocycles. The maximum absolute atomic E-state index is 11.7. The summed E-state index contributed by atoms with van der Waals surface area (Å²) in [5.41, 5.74) is 0.388. The molecule has 0 aliphatic heterocycles. The van der Waals surface area contributed by atoms with Gasteiger partial charge < -0.3 is 15.7 Å². The number of hydrogen-bond donors (Lipinski definition) is 3. The number of carbonyl (C=O) groups is 2. The second kappa shape index (κ2) is 7.83. The van der Waals surface area contributed by atoms with E-state index in [1.807, 2.05) is 0 Å². The van der Waals surface area contributed by atoms with E-state index in [4.69, 9.17) is 5.11 Å². The van der Waals surface area contributed by atoms with Crippen molar-refractivity contribution in [2.75, 3.05) is 5.32 Å². The Morgan fingerprint density at radius 1 is 1.33 bits per heavy atom. The van der Waals surface area contributed by atoms with E-state index in [2.05, 4.69) is 10.6 Å². The SMILES string of the molecule is CC(CCCC(=O)O)NC(=O)Nc1ccc([N+](=O)[O-])cc1. The van der Waals surface area contributed by atoms with E-state index in [0.717, 1.165) is 0 Å². The van der Waals surface area contributed by atoms with Gasteiger partial charge in [0, 0.05) is 30.3 Å². The topological polar surface area (TPSA) is 122 Å². The van der Waals surface area contributed by atoms with Crippen LogP contribution in [0.1, 0.15) is 26.2 Å². The fraction of sp³-hybridized carbons (Fsp3) is 0.385. The minimum atomic E-state index is -0.863. The zero-order valence-corrected chi connectivity index (χ0v) is 11.5. The average molecular weight is 295 g/mol. The van der Waals surface area contributed by atoms with Gasteiger partial charge in [0.25, 0.3) is 5.69 Å². The predicted octanol–water partition coefficient (Wildman–Crippen LogP) is 2.36. The number of non-ortho nitro benzene ring substituents is 1. The number of anilines is 1. The molecule has 0 aliphatic carbocycles. The Morgan fingerprint density at radius 3 is 2.48 bits per heavy atom. The summed E-state index contributed by atoms with van der Waals surface area (Å²) < 4.78 is 0. The second-order valence-electron chi connectivity index (χ2n) is 4.59. The molecule has 3 N–H and O–H groups in total. The lowest BCUT2D eigenvalue weighted by atomic mass is 10.1. The van der Waals surface area contributed by atoms with Crippen molar-refractivity contribution in [1.82, 2.24) is 5.32 Å². The van der Waals surface area contributed by atoms with E-state index in [-0.39, 0.29) is 18.2 Å². The molecule has 1 unspecified atom stereocenters. The van der Waals surface area contributed by atoms with Crippen molar-refractivity contribution < 1.29 is 19.6 Å². The fourth-order valence-corrected chi connectivity index (χ4v) is 1.69. The minimum Gasteiger partial charge on any atom is -0.481 e. The van der Waals surface area contributed by atoms with Crippen molar-refractivity contribution >= 4 is 23.4 Å². The molecule has 1 aromatic rings. The van der Waals surface area contributed by atoms with E-state index in [1.165, 1.54) is 24.3 Å². The summed E-state index contributed by atoms with van der Waals surface area (Å²) in [7, 11) is 0. The third-order valence-corrected chi connectivity index (χ3v) is 2.74. The van der Waals surface area contributed by atoms with Crippen molar-refractivity contribution in [1.29, 1.82) is 0 Å². The molecule has 1 aromatic carbocycles. The molecule has 0 aromatic heterocycles. The van der Waals surface area contributed by atoms with Crippen molar-refractivity contribution in [3.8, 4) is 0 Å². The number of urea groups is 1. The Morgan fingerprint density at radius 2 is 1.95 bits per heavy atom. The summed E-state index contributed by atoms with van der Waals surface area (Å²) in [6.07, 6.45) is 1.10. The fourth-order valence-electron chi connectivity index (χ4n) is 1.69. The lowest BCUT2D eigenvalue weighted by molar-refractivity contribution is -0.384. The van der Waals surface area contributed by atoms with Crippen LogP contribution in [-0.4, -0.2) is 28.1 Å². The van der Waals surface area contributed by atoms with Crippen LogP contribution in [0.3, 0.4) is 0 Å². The molecule has 1 atom stereocenters. The van der Waals surface area contributed by atoms with E-state index in [0.29, 0.717) is 18.5 Å². The summed E-state index contributed by atoms with van der Waals surface area (Å²) in [6, 6.07) is 4.87. The Balaban J connectivity index is 2.39. The highest BCUT2D eigenvalue weighted by Crippen LogP contribution is 2.15. The van der Waals surface area contributed by atoms with Gasteiger partial charge in [-0.1, -0.05) is 0 Å². The molecule has 0 aliphatic rings. The number of nitrogens with one attached hydrogen (secondary N) is 2. The quantitative estimate of drug-likeness (QED) is 0.526. The van der Waals surface area contributed by atoms with Crippen LogP contribution in [0.4, 0.5) is 16.2 Å². The van der Waals surface area contributed by atoms with Gasteiger partial charge in [0.15, 0.2) is 0 Å². The van der Waals surface area contributed by atoms with Gasteiger partial charge >= 0.3 is 12.0 Å². The largest absolute Gasteiger partial charge is 0.481 e. The number of nitro benzene ring substituents is 1. The second-order valence-corrected chi connectivity index (χ2v) is 4.59. The van der Waals surface area contributed by atoms with Gasteiger partial charge in [0.2, 0.25) is 0 Å². The van der Waals surface area contributed by atoms with Crippen molar-refractivity contribution in [2.45, 2.75) is 32.2 Å². The van der Waals surface area contributed by atoms with Gasteiger partial charge in [0.1, 0.15) is 0 Å². The summed E-state index contributed by atoms with van der Waals surface area (Å²) in [6.45, 7) is 1.78. The maximum atomic E-state index is 11.7. The van der Waals surface area contributed by atoms with Crippen LogP contribution >= 0.6 is 0 Å². The number of carbonyl (C=O) groups excluding carboxylic acids is 1. The van der Waals surface area contributed by atoms with Crippen LogP contribution < -0.4 is 10.6 Å². The first-order valence-corrected chi connectivity index (χ1v) is 6.42. The molecule has 0 saturated heterocycles. The molecular formula is C13H17N3O5. The molecule has 0 radical (unpaired) electrons. The molecule has 0 bridgehead atoms. The Hall–Kier alpha value is -2.64. The van der Waals surface area contributed by atoms with Gasteiger partial charge in [-0.2, -0.15) is 0 Å². The van der Waals surface area contributed by atoms with Crippen LogP contribution in [-0.2, 0) is 4.79 Å². The Labute approximate surface area is 121 Å². The number of nitrogens with zero attached hydrogens (tertiary/aromatic N) is 1. The number of benzene rings is 1. The highest BCUT2D eigenvalue weighted by atomic mass is 16.6. The molecule has 0 fully saturated rings. The normalized spacial score (nSPS) is 11.5. The Kier molecular flexibility index (Phi) is 6.12. The number of carboxylic acids is 1. The monoisotopic (exact) mass is 295 g/mol. The third-order valence-electron chi connectivity index (χ3n) is 2.74. The molecule has 8 heteroatoms. The minimum absolute atomic E-state index is 0.0528. The summed E-state index contributed by atoms with van der Waals surface area (Å²) in [5.74, 6) is -0.863. The molecule has 0 spiro atoms. The predicted molar refractivity (Wildman–Crippen MR) is 76.2 cm³/mol.